The summed E-state index contributed by atoms with van der Waals surface area (Å²) >= 11 is 1.86. The van der Waals surface area contributed by atoms with E-state index in [2.05, 4.69) is 54.6 Å². The average Bonchev–Trinajstić information content (AvgIpc) is 2.81. The highest BCUT2D eigenvalue weighted by molar-refractivity contribution is 7.98. The van der Waals surface area contributed by atoms with E-state index in [1.165, 1.54) is 22.6 Å². The number of nitrogens with one attached hydrogen (secondary N) is 1. The SMILES string of the molecule is CCCNC(C)c1ccc(SCc2cc(C)nn2C)cc1. The van der Waals surface area contributed by atoms with Crippen molar-refractivity contribution in [2.75, 3.05) is 6.54 Å². The molecule has 0 bridgehead atoms. The van der Waals surface area contributed by atoms with Crippen molar-refractivity contribution < 1.29 is 0 Å². The minimum atomic E-state index is 0.420. The molecule has 1 unspecified atom stereocenters. The van der Waals surface area contributed by atoms with Crippen LogP contribution in [0.1, 0.15) is 43.3 Å². The minimum absolute atomic E-state index is 0.420. The van der Waals surface area contributed by atoms with Crippen LogP contribution >= 0.6 is 11.8 Å². The smallest absolute Gasteiger partial charge is 0.0596 e. The molecule has 114 valence electrons. The average molecular weight is 303 g/mol. The number of benzene rings is 1. The highest BCUT2D eigenvalue weighted by Gasteiger charge is 2.06. The van der Waals surface area contributed by atoms with Gasteiger partial charge in [0.15, 0.2) is 0 Å². The zero-order valence-electron chi connectivity index (χ0n) is 13.4. The van der Waals surface area contributed by atoms with Crippen LogP contribution in [-0.2, 0) is 12.8 Å². The highest BCUT2D eigenvalue weighted by atomic mass is 32.2. The van der Waals surface area contributed by atoms with Gasteiger partial charge in [0.05, 0.1) is 5.69 Å². The van der Waals surface area contributed by atoms with Crippen molar-refractivity contribution in [1.82, 2.24) is 15.1 Å². The molecule has 21 heavy (non-hydrogen) atoms. The van der Waals surface area contributed by atoms with E-state index in [9.17, 15) is 0 Å². The second-order valence-corrected chi connectivity index (χ2v) is 6.48. The van der Waals surface area contributed by atoms with Crippen LogP contribution in [0.25, 0.3) is 0 Å². The molecule has 2 rings (SSSR count). The Morgan fingerprint density at radius 2 is 2.00 bits per heavy atom. The van der Waals surface area contributed by atoms with Crippen LogP contribution < -0.4 is 5.32 Å². The number of nitrogens with zero attached hydrogens (tertiary/aromatic N) is 2. The van der Waals surface area contributed by atoms with Gasteiger partial charge in [-0.25, -0.2) is 0 Å². The molecule has 0 fully saturated rings. The molecule has 1 heterocycles. The fraction of sp³-hybridized carbons (Fsp3) is 0.471. The summed E-state index contributed by atoms with van der Waals surface area (Å²) < 4.78 is 1.97. The number of aromatic nitrogens is 2. The van der Waals surface area contributed by atoms with Gasteiger partial charge in [0.1, 0.15) is 0 Å². The molecule has 0 radical (unpaired) electrons. The first-order chi connectivity index (χ1) is 10.1. The van der Waals surface area contributed by atoms with E-state index >= 15 is 0 Å². The van der Waals surface area contributed by atoms with Gasteiger partial charge in [-0.1, -0.05) is 19.1 Å². The summed E-state index contributed by atoms with van der Waals surface area (Å²) in [7, 11) is 2.01. The highest BCUT2D eigenvalue weighted by Crippen LogP contribution is 2.24. The van der Waals surface area contributed by atoms with E-state index in [4.69, 9.17) is 0 Å². The maximum Gasteiger partial charge on any atom is 0.0596 e. The molecule has 1 aromatic carbocycles. The van der Waals surface area contributed by atoms with Crippen molar-refractivity contribution >= 4 is 11.8 Å². The predicted octanol–water partition coefficient (Wildman–Crippen LogP) is 4.08. The molecule has 0 aliphatic carbocycles. The summed E-state index contributed by atoms with van der Waals surface area (Å²) in [6, 6.07) is 11.5. The fourth-order valence-electron chi connectivity index (χ4n) is 2.29. The van der Waals surface area contributed by atoms with Crippen LogP contribution in [0.3, 0.4) is 0 Å². The lowest BCUT2D eigenvalue weighted by atomic mass is 10.1. The van der Waals surface area contributed by atoms with Gasteiger partial charge in [-0.15, -0.1) is 11.8 Å². The van der Waals surface area contributed by atoms with Gasteiger partial charge in [-0.05, 0) is 50.6 Å². The zero-order valence-corrected chi connectivity index (χ0v) is 14.2. The van der Waals surface area contributed by atoms with Crippen LogP contribution in [-0.4, -0.2) is 16.3 Å². The van der Waals surface area contributed by atoms with Crippen molar-refractivity contribution in [3.63, 3.8) is 0 Å². The van der Waals surface area contributed by atoms with Gasteiger partial charge < -0.3 is 5.32 Å². The molecule has 0 saturated heterocycles. The van der Waals surface area contributed by atoms with Crippen LogP contribution in [0.15, 0.2) is 35.2 Å². The lowest BCUT2D eigenvalue weighted by molar-refractivity contribution is 0.570. The molecule has 1 aromatic heterocycles. The van der Waals surface area contributed by atoms with Gasteiger partial charge in [0.25, 0.3) is 0 Å². The Labute approximate surface area is 132 Å². The summed E-state index contributed by atoms with van der Waals surface area (Å²) in [5.41, 5.74) is 3.70. The lowest BCUT2D eigenvalue weighted by Crippen LogP contribution is -2.19. The predicted molar refractivity (Wildman–Crippen MR) is 90.7 cm³/mol. The molecule has 0 amide bonds. The third-order valence-corrected chi connectivity index (χ3v) is 4.61. The Kier molecular flexibility index (Phi) is 5.88. The van der Waals surface area contributed by atoms with Crippen molar-refractivity contribution in [1.29, 1.82) is 0 Å². The van der Waals surface area contributed by atoms with E-state index < -0.39 is 0 Å². The molecular weight excluding hydrogens is 278 g/mol. The molecule has 3 nitrogen and oxygen atoms in total. The van der Waals surface area contributed by atoms with Gasteiger partial charge in [0.2, 0.25) is 0 Å². The molecule has 1 atom stereocenters. The van der Waals surface area contributed by atoms with Crippen molar-refractivity contribution in [3.8, 4) is 0 Å². The summed E-state index contributed by atoms with van der Waals surface area (Å²) in [5, 5.41) is 7.90. The van der Waals surface area contributed by atoms with Gasteiger partial charge in [0, 0.05) is 29.4 Å². The number of hydrogen-bond acceptors (Lipinski definition) is 3. The van der Waals surface area contributed by atoms with Crippen molar-refractivity contribution in [3.05, 3.63) is 47.3 Å². The first kappa shape index (κ1) is 16.1. The van der Waals surface area contributed by atoms with Gasteiger partial charge >= 0.3 is 0 Å². The Morgan fingerprint density at radius 1 is 1.29 bits per heavy atom. The summed E-state index contributed by atoms with van der Waals surface area (Å²) in [5.74, 6) is 0.959. The number of hydrogen-bond donors (Lipinski definition) is 1. The molecule has 1 N–H and O–H groups in total. The topological polar surface area (TPSA) is 29.9 Å². The first-order valence-corrected chi connectivity index (χ1v) is 8.54. The van der Waals surface area contributed by atoms with Crippen LogP contribution in [0.4, 0.5) is 0 Å². The normalized spacial score (nSPS) is 12.6. The number of thioether (sulfide) groups is 1. The Balaban J connectivity index is 1.91. The molecule has 0 aliphatic rings. The number of aryl methyl sites for hydroxylation is 2. The van der Waals surface area contributed by atoms with Crippen LogP contribution in [0.2, 0.25) is 0 Å². The maximum absolute atomic E-state index is 4.38. The quantitative estimate of drug-likeness (QED) is 0.782. The Morgan fingerprint density at radius 3 is 2.57 bits per heavy atom. The van der Waals surface area contributed by atoms with Crippen molar-refractivity contribution in [2.24, 2.45) is 7.05 Å². The molecular formula is C17H25N3S. The Hall–Kier alpha value is -1.26. The summed E-state index contributed by atoms with van der Waals surface area (Å²) in [6.07, 6.45) is 1.17. The summed E-state index contributed by atoms with van der Waals surface area (Å²) in [6.45, 7) is 7.51. The summed E-state index contributed by atoms with van der Waals surface area (Å²) in [4.78, 5) is 1.31. The van der Waals surface area contributed by atoms with E-state index in [1.54, 1.807) is 0 Å². The standard InChI is InChI=1S/C17H25N3S/c1-5-10-18-14(3)15-6-8-17(9-7-15)21-12-16-11-13(2)19-20(16)4/h6-9,11,14,18H,5,10,12H2,1-4H3. The molecule has 0 spiro atoms. The second kappa shape index (κ2) is 7.66. The third kappa shape index (κ3) is 4.61. The maximum atomic E-state index is 4.38. The van der Waals surface area contributed by atoms with Crippen LogP contribution in [0.5, 0.6) is 0 Å². The molecule has 2 aromatic rings. The second-order valence-electron chi connectivity index (χ2n) is 5.43. The molecule has 0 saturated carbocycles. The Bertz CT molecular complexity index is 560. The lowest BCUT2D eigenvalue weighted by Gasteiger charge is -2.14. The fourth-order valence-corrected chi connectivity index (χ4v) is 3.20. The van der Waals surface area contributed by atoms with Gasteiger partial charge in [-0.2, -0.15) is 5.10 Å². The first-order valence-electron chi connectivity index (χ1n) is 7.55. The number of rotatable bonds is 7. The minimum Gasteiger partial charge on any atom is -0.310 e. The molecule has 0 aliphatic heterocycles. The zero-order chi connectivity index (χ0) is 15.2. The van der Waals surface area contributed by atoms with E-state index in [1.807, 2.05) is 30.4 Å². The van der Waals surface area contributed by atoms with Gasteiger partial charge in [-0.3, -0.25) is 4.68 Å². The van der Waals surface area contributed by atoms with E-state index in [-0.39, 0.29) is 0 Å². The van der Waals surface area contributed by atoms with Crippen LogP contribution in [0, 0.1) is 6.92 Å². The monoisotopic (exact) mass is 303 g/mol. The third-order valence-electron chi connectivity index (χ3n) is 3.57. The van der Waals surface area contributed by atoms with E-state index in [0.717, 1.165) is 18.0 Å². The molecule has 4 heteroatoms. The van der Waals surface area contributed by atoms with E-state index in [0.29, 0.717) is 6.04 Å². The largest absolute Gasteiger partial charge is 0.310 e. The van der Waals surface area contributed by atoms with Crippen molar-refractivity contribution in [2.45, 2.75) is 43.9 Å².